The van der Waals surface area contributed by atoms with Gasteiger partial charge in [0.25, 0.3) is 5.91 Å². The largest absolute Gasteiger partial charge is 0.360 e. The number of carbonyl (C=O) groups is 1. The Bertz CT molecular complexity index is 444. The van der Waals surface area contributed by atoms with E-state index in [1.54, 1.807) is 0 Å². The monoisotopic (exact) mass is 311 g/mol. The maximum absolute atomic E-state index is 12.1. The van der Waals surface area contributed by atoms with Crippen LogP contribution in [0.2, 0.25) is 0 Å². The van der Waals surface area contributed by atoms with Crippen molar-refractivity contribution in [1.29, 1.82) is 0 Å². The lowest BCUT2D eigenvalue weighted by Gasteiger charge is -2.32. The molecule has 1 amide bonds. The van der Waals surface area contributed by atoms with Crippen molar-refractivity contribution in [1.82, 2.24) is 20.4 Å². The molecular formula is C14H25N5OS. The third-order valence-electron chi connectivity index (χ3n) is 3.72. The Kier molecular flexibility index (Phi) is 6.38. The summed E-state index contributed by atoms with van der Waals surface area (Å²) >= 11 is 1.31. The van der Waals surface area contributed by atoms with Crippen LogP contribution in [-0.2, 0) is 0 Å². The first-order valence-corrected chi connectivity index (χ1v) is 8.62. The van der Waals surface area contributed by atoms with E-state index in [0.29, 0.717) is 22.7 Å². The van der Waals surface area contributed by atoms with Crippen molar-refractivity contribution in [3.63, 3.8) is 0 Å². The Labute approximate surface area is 130 Å². The Morgan fingerprint density at radius 2 is 2.10 bits per heavy atom. The summed E-state index contributed by atoms with van der Waals surface area (Å²) in [5.74, 6) is -0.124. The smallest absolute Gasteiger partial charge is 0.282 e. The first-order valence-electron chi connectivity index (χ1n) is 7.80. The Morgan fingerprint density at radius 1 is 1.33 bits per heavy atom. The Balaban J connectivity index is 1.76. The predicted molar refractivity (Wildman–Crippen MR) is 85.9 cm³/mol. The molecule has 1 saturated heterocycles. The van der Waals surface area contributed by atoms with Crippen LogP contribution in [-0.4, -0.2) is 53.2 Å². The number of aromatic nitrogens is 2. The number of piperidine rings is 1. The molecular weight excluding hydrogens is 286 g/mol. The fourth-order valence-corrected chi connectivity index (χ4v) is 3.11. The fraction of sp³-hybridized carbons (Fsp3) is 0.786. The van der Waals surface area contributed by atoms with Crippen LogP contribution in [0.4, 0.5) is 5.13 Å². The van der Waals surface area contributed by atoms with Crippen molar-refractivity contribution >= 4 is 22.4 Å². The number of likely N-dealkylation sites (tertiary alicyclic amines) is 1. The van der Waals surface area contributed by atoms with E-state index in [0.717, 1.165) is 26.1 Å². The van der Waals surface area contributed by atoms with Gasteiger partial charge in [-0.1, -0.05) is 24.7 Å². The summed E-state index contributed by atoms with van der Waals surface area (Å²) in [6.45, 7) is 8.05. The van der Waals surface area contributed by atoms with E-state index in [1.165, 1.54) is 30.6 Å². The summed E-state index contributed by atoms with van der Waals surface area (Å²) in [6.07, 6.45) is 4.88. The Hall–Kier alpha value is -1.21. The minimum atomic E-state index is -0.124. The second kappa shape index (κ2) is 8.29. The minimum Gasteiger partial charge on any atom is -0.360 e. The second-order valence-corrected chi connectivity index (χ2v) is 6.47. The van der Waals surface area contributed by atoms with E-state index >= 15 is 0 Å². The van der Waals surface area contributed by atoms with Crippen LogP contribution < -0.4 is 10.6 Å². The summed E-state index contributed by atoms with van der Waals surface area (Å²) in [6, 6.07) is 0.375. The van der Waals surface area contributed by atoms with Crippen LogP contribution in [0.5, 0.6) is 0 Å². The fourth-order valence-electron chi connectivity index (χ4n) is 2.42. The highest BCUT2D eigenvalue weighted by atomic mass is 32.1. The van der Waals surface area contributed by atoms with Gasteiger partial charge < -0.3 is 10.6 Å². The average Bonchev–Trinajstić information content (AvgIpc) is 3.00. The molecule has 1 aliphatic rings. The van der Waals surface area contributed by atoms with E-state index in [9.17, 15) is 4.79 Å². The number of carbonyl (C=O) groups excluding carboxylic acids is 1. The number of amides is 1. The number of hydrogen-bond acceptors (Lipinski definition) is 6. The molecule has 6 nitrogen and oxygen atoms in total. The van der Waals surface area contributed by atoms with Gasteiger partial charge in [-0.15, -0.1) is 10.2 Å². The number of hydrogen-bond donors (Lipinski definition) is 2. The summed E-state index contributed by atoms with van der Waals surface area (Å²) in [5, 5.41) is 15.2. The number of rotatable bonds is 7. The molecule has 21 heavy (non-hydrogen) atoms. The molecule has 0 aromatic carbocycles. The standard InChI is InChI=1S/C14H25N5OS/c1-3-7-15-14-18-17-13(21-14)12(20)16-10-11(2)19-8-5-4-6-9-19/h11H,3-10H2,1-2H3,(H,15,18)(H,16,20). The molecule has 1 fully saturated rings. The maximum Gasteiger partial charge on any atom is 0.282 e. The molecule has 1 aromatic rings. The highest BCUT2D eigenvalue weighted by Crippen LogP contribution is 2.15. The van der Waals surface area contributed by atoms with E-state index < -0.39 is 0 Å². The zero-order chi connectivity index (χ0) is 15.1. The van der Waals surface area contributed by atoms with Crippen molar-refractivity contribution in [2.45, 2.75) is 45.6 Å². The molecule has 1 unspecified atom stereocenters. The third kappa shape index (κ3) is 4.93. The van der Waals surface area contributed by atoms with Crippen LogP contribution in [0, 0.1) is 0 Å². The molecule has 1 aliphatic heterocycles. The van der Waals surface area contributed by atoms with Gasteiger partial charge in [-0.2, -0.15) is 0 Å². The lowest BCUT2D eigenvalue weighted by atomic mass is 10.1. The van der Waals surface area contributed by atoms with Crippen LogP contribution in [0.25, 0.3) is 0 Å². The first kappa shape index (κ1) is 16.2. The average molecular weight is 311 g/mol. The van der Waals surface area contributed by atoms with Crippen molar-refractivity contribution in [3.05, 3.63) is 5.01 Å². The summed E-state index contributed by atoms with van der Waals surface area (Å²) in [5.41, 5.74) is 0. The topological polar surface area (TPSA) is 70.1 Å². The SMILES string of the molecule is CCCNc1nnc(C(=O)NCC(C)N2CCCCC2)s1. The molecule has 118 valence electrons. The summed E-state index contributed by atoms with van der Waals surface area (Å²) in [7, 11) is 0. The predicted octanol–water partition coefficient (Wildman–Crippen LogP) is 1.96. The van der Waals surface area contributed by atoms with Gasteiger partial charge in [0.05, 0.1) is 0 Å². The van der Waals surface area contributed by atoms with E-state index in [1.807, 2.05) is 0 Å². The van der Waals surface area contributed by atoms with Crippen LogP contribution in [0.1, 0.15) is 49.3 Å². The number of nitrogens with one attached hydrogen (secondary N) is 2. The lowest BCUT2D eigenvalue weighted by Crippen LogP contribution is -2.44. The van der Waals surface area contributed by atoms with E-state index in [-0.39, 0.29) is 5.91 Å². The molecule has 2 N–H and O–H groups in total. The number of anilines is 1. The van der Waals surface area contributed by atoms with Gasteiger partial charge in [0.2, 0.25) is 10.1 Å². The zero-order valence-corrected chi connectivity index (χ0v) is 13.7. The minimum absolute atomic E-state index is 0.124. The van der Waals surface area contributed by atoms with Crippen LogP contribution in [0.3, 0.4) is 0 Å². The molecule has 0 aliphatic carbocycles. The van der Waals surface area contributed by atoms with Crippen molar-refractivity contribution < 1.29 is 4.79 Å². The molecule has 0 spiro atoms. The second-order valence-electron chi connectivity index (χ2n) is 5.49. The van der Waals surface area contributed by atoms with Gasteiger partial charge in [0.1, 0.15) is 0 Å². The Morgan fingerprint density at radius 3 is 2.81 bits per heavy atom. The molecule has 0 radical (unpaired) electrons. The molecule has 0 bridgehead atoms. The highest BCUT2D eigenvalue weighted by molar-refractivity contribution is 7.17. The first-order chi connectivity index (χ1) is 10.2. The molecule has 1 atom stereocenters. The van der Waals surface area contributed by atoms with Gasteiger partial charge >= 0.3 is 0 Å². The van der Waals surface area contributed by atoms with E-state index in [4.69, 9.17) is 0 Å². The van der Waals surface area contributed by atoms with Crippen molar-refractivity contribution in [3.8, 4) is 0 Å². The van der Waals surface area contributed by atoms with Gasteiger partial charge in [0.15, 0.2) is 0 Å². The third-order valence-corrected chi connectivity index (χ3v) is 4.60. The zero-order valence-electron chi connectivity index (χ0n) is 12.9. The quantitative estimate of drug-likeness (QED) is 0.805. The molecule has 1 aromatic heterocycles. The molecule has 2 rings (SSSR count). The molecule has 7 heteroatoms. The normalized spacial score (nSPS) is 17.4. The summed E-state index contributed by atoms with van der Waals surface area (Å²) in [4.78, 5) is 14.5. The van der Waals surface area contributed by atoms with Gasteiger partial charge in [0, 0.05) is 19.1 Å². The molecule has 2 heterocycles. The van der Waals surface area contributed by atoms with Gasteiger partial charge in [-0.25, -0.2) is 0 Å². The van der Waals surface area contributed by atoms with Crippen LogP contribution >= 0.6 is 11.3 Å². The highest BCUT2D eigenvalue weighted by Gasteiger charge is 2.18. The van der Waals surface area contributed by atoms with E-state index in [2.05, 4.69) is 39.6 Å². The number of nitrogens with zero attached hydrogens (tertiary/aromatic N) is 3. The van der Waals surface area contributed by atoms with Crippen molar-refractivity contribution in [2.75, 3.05) is 31.5 Å². The lowest BCUT2D eigenvalue weighted by molar-refractivity contribution is 0.0929. The summed E-state index contributed by atoms with van der Waals surface area (Å²) < 4.78 is 0. The molecule has 0 saturated carbocycles. The van der Waals surface area contributed by atoms with Gasteiger partial charge in [-0.3, -0.25) is 9.69 Å². The van der Waals surface area contributed by atoms with Crippen molar-refractivity contribution in [2.24, 2.45) is 0 Å². The maximum atomic E-state index is 12.1. The van der Waals surface area contributed by atoms with Crippen LogP contribution in [0.15, 0.2) is 0 Å². The van der Waals surface area contributed by atoms with Gasteiger partial charge in [-0.05, 0) is 39.3 Å².